The largest absolute Gasteiger partial charge is 0.491 e. The zero-order valence-electron chi connectivity index (χ0n) is 16.8. The third kappa shape index (κ3) is 3.99. The summed E-state index contributed by atoms with van der Waals surface area (Å²) in [6, 6.07) is 10.4. The van der Waals surface area contributed by atoms with Crippen LogP contribution in [0, 0.1) is 6.92 Å². The first kappa shape index (κ1) is 19.9. The fraction of sp³-hybridized carbons (Fsp3) is 0.238. The number of ether oxygens (including phenoxy) is 1. The third-order valence-electron chi connectivity index (χ3n) is 4.79. The Labute approximate surface area is 178 Å². The first-order valence-electron chi connectivity index (χ1n) is 9.45. The zero-order chi connectivity index (χ0) is 21.3. The number of fused-ring (bicyclic) bond motifs is 1. The van der Waals surface area contributed by atoms with E-state index in [0.29, 0.717) is 23.0 Å². The molecule has 0 saturated heterocycles. The number of carbonyl (C=O) groups excluding carboxylic acids is 1. The van der Waals surface area contributed by atoms with Crippen molar-refractivity contribution in [1.82, 2.24) is 29.7 Å². The van der Waals surface area contributed by atoms with Crippen LogP contribution in [-0.2, 0) is 7.05 Å². The summed E-state index contributed by atoms with van der Waals surface area (Å²) in [7, 11) is 1.88. The fourth-order valence-electron chi connectivity index (χ4n) is 3.05. The molecule has 0 aliphatic carbocycles. The maximum absolute atomic E-state index is 12.7. The van der Waals surface area contributed by atoms with Crippen LogP contribution >= 0.6 is 11.6 Å². The normalized spacial score (nSPS) is 12.1. The van der Waals surface area contributed by atoms with Gasteiger partial charge in [-0.25, -0.2) is 9.50 Å². The third-order valence-corrected chi connectivity index (χ3v) is 5.04. The number of halogens is 1. The molecule has 4 rings (SSSR count). The van der Waals surface area contributed by atoms with Gasteiger partial charge in [0.15, 0.2) is 11.3 Å². The highest BCUT2D eigenvalue weighted by atomic mass is 35.5. The Hall–Kier alpha value is -3.39. The van der Waals surface area contributed by atoms with Gasteiger partial charge in [0, 0.05) is 35.6 Å². The highest BCUT2D eigenvalue weighted by Gasteiger charge is 2.17. The summed E-state index contributed by atoms with van der Waals surface area (Å²) in [5, 5.41) is 12.3. The van der Waals surface area contributed by atoms with Crippen LogP contribution in [0.25, 0.3) is 16.9 Å². The smallest absolute Gasteiger partial charge is 0.272 e. The molecule has 3 heterocycles. The molecule has 3 aromatic heterocycles. The van der Waals surface area contributed by atoms with Gasteiger partial charge in [0.25, 0.3) is 5.91 Å². The molecule has 0 aliphatic heterocycles. The van der Waals surface area contributed by atoms with Gasteiger partial charge in [-0.2, -0.15) is 10.2 Å². The van der Waals surface area contributed by atoms with Crippen LogP contribution in [0.2, 0.25) is 5.02 Å². The van der Waals surface area contributed by atoms with Crippen LogP contribution in [0.4, 0.5) is 0 Å². The number of hydrogen-bond acceptors (Lipinski definition) is 5. The average Bonchev–Trinajstić information content (AvgIpc) is 3.31. The van der Waals surface area contributed by atoms with E-state index in [9.17, 15) is 4.79 Å². The van der Waals surface area contributed by atoms with Crippen molar-refractivity contribution in [1.29, 1.82) is 0 Å². The zero-order valence-corrected chi connectivity index (χ0v) is 17.6. The first-order chi connectivity index (χ1) is 14.4. The van der Waals surface area contributed by atoms with Crippen LogP contribution in [0.5, 0.6) is 5.75 Å². The van der Waals surface area contributed by atoms with Gasteiger partial charge in [0.1, 0.15) is 12.4 Å². The molecule has 9 heteroatoms. The Balaban J connectivity index is 1.49. The lowest BCUT2D eigenvalue weighted by Crippen LogP contribution is -2.37. The van der Waals surface area contributed by atoms with Gasteiger partial charge in [-0.1, -0.05) is 11.6 Å². The average molecular weight is 425 g/mol. The molecular formula is C21H21ClN6O2. The second-order valence-electron chi connectivity index (χ2n) is 7.04. The Morgan fingerprint density at radius 3 is 2.73 bits per heavy atom. The molecule has 0 spiro atoms. The van der Waals surface area contributed by atoms with Crippen molar-refractivity contribution >= 4 is 23.2 Å². The van der Waals surface area contributed by atoms with Crippen molar-refractivity contribution < 1.29 is 9.53 Å². The molecule has 1 unspecified atom stereocenters. The lowest BCUT2D eigenvalue weighted by molar-refractivity contribution is 0.0921. The van der Waals surface area contributed by atoms with Crippen molar-refractivity contribution in [2.75, 3.05) is 6.61 Å². The van der Waals surface area contributed by atoms with E-state index in [2.05, 4.69) is 20.5 Å². The second-order valence-corrected chi connectivity index (χ2v) is 7.47. The molecule has 30 heavy (non-hydrogen) atoms. The Bertz CT molecular complexity index is 1200. The van der Waals surface area contributed by atoms with E-state index < -0.39 is 0 Å². The monoisotopic (exact) mass is 424 g/mol. The molecule has 0 fully saturated rings. The van der Waals surface area contributed by atoms with E-state index in [-0.39, 0.29) is 17.6 Å². The van der Waals surface area contributed by atoms with Crippen LogP contribution in [-0.4, -0.2) is 42.9 Å². The highest BCUT2D eigenvalue weighted by molar-refractivity contribution is 6.30. The van der Waals surface area contributed by atoms with Gasteiger partial charge in [-0.05, 0) is 44.2 Å². The van der Waals surface area contributed by atoms with E-state index in [1.165, 1.54) is 0 Å². The number of benzene rings is 1. The molecule has 1 N–H and O–H groups in total. The molecule has 8 nitrogen and oxygen atoms in total. The molecule has 1 atom stereocenters. The number of aryl methyl sites for hydroxylation is 1. The molecule has 1 aromatic carbocycles. The number of aromatic nitrogens is 5. The molecule has 154 valence electrons. The van der Waals surface area contributed by atoms with Crippen molar-refractivity contribution in [3.05, 3.63) is 65.2 Å². The summed E-state index contributed by atoms with van der Waals surface area (Å²) in [6.45, 7) is 4.17. The van der Waals surface area contributed by atoms with Gasteiger partial charge in [0.05, 0.1) is 17.9 Å². The predicted octanol–water partition coefficient (Wildman–Crippen LogP) is 3.29. The van der Waals surface area contributed by atoms with E-state index >= 15 is 0 Å². The van der Waals surface area contributed by atoms with Crippen molar-refractivity contribution in [3.8, 4) is 17.0 Å². The number of nitrogens with one attached hydrogen (secondary N) is 1. The molecule has 0 aliphatic rings. The Morgan fingerprint density at radius 1 is 1.27 bits per heavy atom. The van der Waals surface area contributed by atoms with Gasteiger partial charge in [-0.15, -0.1) is 0 Å². The molecule has 0 radical (unpaired) electrons. The number of carbonyl (C=O) groups is 1. The Kier molecular flexibility index (Phi) is 5.41. The maximum atomic E-state index is 12.7. The summed E-state index contributed by atoms with van der Waals surface area (Å²) in [6.07, 6.45) is 3.48. The minimum absolute atomic E-state index is 0.217. The van der Waals surface area contributed by atoms with Crippen molar-refractivity contribution in [2.45, 2.75) is 19.9 Å². The highest BCUT2D eigenvalue weighted by Crippen LogP contribution is 2.23. The van der Waals surface area contributed by atoms with Gasteiger partial charge in [0.2, 0.25) is 0 Å². The molecule has 4 aromatic rings. The summed E-state index contributed by atoms with van der Waals surface area (Å²) in [4.78, 5) is 17.0. The van der Waals surface area contributed by atoms with Crippen molar-refractivity contribution in [2.24, 2.45) is 7.05 Å². The maximum Gasteiger partial charge on any atom is 0.272 e. The number of nitrogens with zero attached hydrogens (tertiary/aromatic N) is 5. The second kappa shape index (κ2) is 8.16. The van der Waals surface area contributed by atoms with Crippen LogP contribution < -0.4 is 10.1 Å². The Morgan fingerprint density at radius 2 is 2.03 bits per heavy atom. The summed E-state index contributed by atoms with van der Waals surface area (Å²) in [5.74, 6) is 0.399. The van der Waals surface area contributed by atoms with Gasteiger partial charge >= 0.3 is 0 Å². The van der Waals surface area contributed by atoms with Crippen LogP contribution in [0.1, 0.15) is 23.1 Å². The van der Waals surface area contributed by atoms with Crippen LogP contribution in [0.15, 0.2) is 48.8 Å². The molecule has 0 saturated carbocycles. The first-order valence-corrected chi connectivity index (χ1v) is 9.83. The molecule has 1 amide bonds. The van der Waals surface area contributed by atoms with Crippen LogP contribution in [0.3, 0.4) is 0 Å². The quantitative estimate of drug-likeness (QED) is 0.513. The predicted molar refractivity (Wildman–Crippen MR) is 114 cm³/mol. The summed E-state index contributed by atoms with van der Waals surface area (Å²) < 4.78 is 9.14. The number of amides is 1. The SMILES string of the molecule is Cc1c(-c2ccnc3cc(C(=O)NC(C)COc4ccc(Cl)cc4)nn23)cnn1C. The van der Waals surface area contributed by atoms with Gasteiger partial charge in [-0.3, -0.25) is 9.48 Å². The molecular weight excluding hydrogens is 404 g/mol. The standard InChI is InChI=1S/C21H21ClN6O2/c1-13(12-30-16-6-4-15(22)5-7-16)25-21(29)18-10-20-23-9-8-19(28(20)26-18)17-11-24-27(3)14(17)2/h4-11,13H,12H2,1-3H3,(H,25,29). The molecule has 0 bridgehead atoms. The van der Waals surface area contributed by atoms with E-state index in [0.717, 1.165) is 17.0 Å². The lowest BCUT2D eigenvalue weighted by atomic mass is 10.2. The number of hydrogen-bond donors (Lipinski definition) is 1. The van der Waals surface area contributed by atoms with E-state index in [1.54, 1.807) is 51.9 Å². The topological polar surface area (TPSA) is 86.3 Å². The summed E-state index contributed by atoms with van der Waals surface area (Å²) in [5.41, 5.74) is 3.63. The van der Waals surface area contributed by atoms with Crippen molar-refractivity contribution in [3.63, 3.8) is 0 Å². The van der Waals surface area contributed by atoms with E-state index in [4.69, 9.17) is 16.3 Å². The minimum Gasteiger partial charge on any atom is -0.491 e. The number of rotatable bonds is 6. The van der Waals surface area contributed by atoms with Gasteiger partial charge < -0.3 is 10.1 Å². The summed E-state index contributed by atoms with van der Waals surface area (Å²) >= 11 is 5.87. The minimum atomic E-state index is -0.290. The lowest BCUT2D eigenvalue weighted by Gasteiger charge is -2.14. The fourth-order valence-corrected chi connectivity index (χ4v) is 3.18. The van der Waals surface area contributed by atoms with E-state index in [1.807, 2.05) is 27.0 Å².